The summed E-state index contributed by atoms with van der Waals surface area (Å²) in [5, 5.41) is 14.0. The molecule has 0 unspecified atom stereocenters. The van der Waals surface area contributed by atoms with E-state index in [4.69, 9.17) is 0 Å². The normalized spacial score (nSPS) is 12.1. The molecule has 0 amide bonds. The number of nitrogens with zero attached hydrogens (tertiary/aromatic N) is 1. The highest BCUT2D eigenvalue weighted by molar-refractivity contribution is 7.17. The number of thiophene rings is 1. The fraction of sp³-hybridized carbons (Fsp3) is 0.278. The molecule has 0 bridgehead atoms. The lowest BCUT2D eigenvalue weighted by Crippen LogP contribution is -2.22. The van der Waals surface area contributed by atoms with Crippen molar-refractivity contribution in [3.63, 3.8) is 0 Å². The molecule has 2 aromatic heterocycles. The Kier molecular flexibility index (Phi) is 4.50. The van der Waals surface area contributed by atoms with Gasteiger partial charge in [-0.25, -0.2) is 0 Å². The summed E-state index contributed by atoms with van der Waals surface area (Å²) in [6.45, 7) is 7.08. The second-order valence-electron chi connectivity index (χ2n) is 5.43. The summed E-state index contributed by atoms with van der Waals surface area (Å²) in [5.74, 6) is 0.229. The second kappa shape index (κ2) is 6.56. The lowest BCUT2D eigenvalue weighted by atomic mass is 10.0. The minimum absolute atomic E-state index is 0.0775. The number of nitrogens with one attached hydrogen (secondary N) is 1. The molecule has 0 aliphatic carbocycles. The number of hydrogen-bond donors (Lipinski definition) is 2. The molecule has 3 rings (SSSR count). The van der Waals surface area contributed by atoms with Crippen LogP contribution in [0.1, 0.15) is 19.4 Å². The summed E-state index contributed by atoms with van der Waals surface area (Å²) in [5.41, 5.74) is 1.43. The predicted octanol–water partition coefficient (Wildman–Crippen LogP) is 3.80. The Morgan fingerprint density at radius 1 is 1.26 bits per heavy atom. The van der Waals surface area contributed by atoms with Crippen molar-refractivity contribution in [2.75, 3.05) is 19.6 Å². The van der Waals surface area contributed by atoms with Gasteiger partial charge >= 0.3 is 0 Å². The van der Waals surface area contributed by atoms with Gasteiger partial charge in [-0.05, 0) is 36.7 Å². The molecule has 2 N–H and O–H groups in total. The zero-order valence-electron chi connectivity index (χ0n) is 13.3. The highest BCUT2D eigenvalue weighted by Gasteiger charge is 2.12. The maximum atomic E-state index is 12.1. The molecule has 0 radical (unpaired) electrons. The van der Waals surface area contributed by atoms with Crippen LogP contribution in [-0.4, -0.2) is 34.6 Å². The number of hydrogen-bond acceptors (Lipinski definition) is 4. The van der Waals surface area contributed by atoms with Crippen LogP contribution in [0.15, 0.2) is 34.4 Å². The summed E-state index contributed by atoms with van der Waals surface area (Å²) in [6.07, 6.45) is 4.01. The summed E-state index contributed by atoms with van der Waals surface area (Å²) < 4.78 is 0.696. The molecule has 0 aliphatic heterocycles. The number of aromatic amines is 1. The van der Waals surface area contributed by atoms with Gasteiger partial charge in [-0.1, -0.05) is 26.0 Å². The van der Waals surface area contributed by atoms with Crippen molar-refractivity contribution >= 4 is 38.4 Å². The average Bonchev–Trinajstić information content (AvgIpc) is 3.04. The van der Waals surface area contributed by atoms with Crippen LogP contribution in [0.2, 0.25) is 0 Å². The van der Waals surface area contributed by atoms with E-state index >= 15 is 0 Å². The summed E-state index contributed by atoms with van der Waals surface area (Å²) in [4.78, 5) is 17.3. The first-order valence-electron chi connectivity index (χ1n) is 7.79. The molecule has 5 heteroatoms. The number of phenols is 1. The summed E-state index contributed by atoms with van der Waals surface area (Å²) in [6, 6.07) is 5.33. The number of benzene rings is 1. The SMILES string of the molecule is CCN(CC)CC=Cc1c(O)ccc2[nH]c(=O)c3sccc3c12. The van der Waals surface area contributed by atoms with E-state index in [1.165, 1.54) is 11.3 Å². The number of likely N-dealkylation sites (N-methyl/N-ethyl adjacent to an activating group) is 1. The van der Waals surface area contributed by atoms with E-state index in [-0.39, 0.29) is 11.3 Å². The van der Waals surface area contributed by atoms with Crippen LogP contribution < -0.4 is 5.56 Å². The van der Waals surface area contributed by atoms with Crippen LogP contribution in [0.4, 0.5) is 0 Å². The van der Waals surface area contributed by atoms with Gasteiger partial charge in [0.1, 0.15) is 10.4 Å². The molecule has 23 heavy (non-hydrogen) atoms. The first-order chi connectivity index (χ1) is 11.2. The summed E-state index contributed by atoms with van der Waals surface area (Å²) in [7, 11) is 0. The van der Waals surface area contributed by atoms with Crippen molar-refractivity contribution in [2.24, 2.45) is 0 Å². The molecule has 0 saturated carbocycles. The van der Waals surface area contributed by atoms with Crippen molar-refractivity contribution in [3.8, 4) is 5.75 Å². The number of aromatic hydroxyl groups is 1. The van der Waals surface area contributed by atoms with Gasteiger partial charge in [0.05, 0.1) is 0 Å². The Labute approximate surface area is 138 Å². The molecule has 0 spiro atoms. The number of rotatable bonds is 5. The molecule has 4 nitrogen and oxygen atoms in total. The van der Waals surface area contributed by atoms with E-state index in [9.17, 15) is 9.90 Å². The van der Waals surface area contributed by atoms with E-state index in [1.54, 1.807) is 12.1 Å². The van der Waals surface area contributed by atoms with Crippen molar-refractivity contribution in [1.82, 2.24) is 9.88 Å². The minimum Gasteiger partial charge on any atom is -0.507 e. The van der Waals surface area contributed by atoms with E-state index in [0.29, 0.717) is 4.70 Å². The van der Waals surface area contributed by atoms with Crippen LogP contribution in [0.5, 0.6) is 5.75 Å². The van der Waals surface area contributed by atoms with Gasteiger partial charge in [0.2, 0.25) is 0 Å². The van der Waals surface area contributed by atoms with Gasteiger partial charge < -0.3 is 15.0 Å². The third-order valence-corrected chi connectivity index (χ3v) is 5.07. The number of fused-ring (bicyclic) bond motifs is 3. The lowest BCUT2D eigenvalue weighted by Gasteiger charge is -2.15. The van der Waals surface area contributed by atoms with E-state index < -0.39 is 0 Å². The maximum Gasteiger partial charge on any atom is 0.266 e. The molecule has 120 valence electrons. The number of phenolic OH excluding ortho intramolecular Hbond substituents is 1. The molecule has 0 fully saturated rings. The Morgan fingerprint density at radius 2 is 2.04 bits per heavy atom. The monoisotopic (exact) mass is 328 g/mol. The van der Waals surface area contributed by atoms with Gasteiger partial charge in [0.25, 0.3) is 5.56 Å². The van der Waals surface area contributed by atoms with Gasteiger partial charge in [-0.2, -0.15) is 0 Å². The minimum atomic E-state index is -0.0775. The van der Waals surface area contributed by atoms with Gasteiger partial charge in [-0.3, -0.25) is 4.79 Å². The van der Waals surface area contributed by atoms with E-state index in [0.717, 1.165) is 41.5 Å². The van der Waals surface area contributed by atoms with Gasteiger partial charge in [0, 0.05) is 28.4 Å². The Balaban J connectivity index is 2.15. The van der Waals surface area contributed by atoms with Crippen molar-refractivity contribution < 1.29 is 5.11 Å². The van der Waals surface area contributed by atoms with Crippen molar-refractivity contribution in [1.29, 1.82) is 0 Å². The van der Waals surface area contributed by atoms with E-state index in [1.807, 2.05) is 17.5 Å². The molecule has 3 aromatic rings. The fourth-order valence-electron chi connectivity index (χ4n) is 2.83. The third-order valence-electron chi connectivity index (χ3n) is 4.15. The largest absolute Gasteiger partial charge is 0.507 e. The number of H-pyrrole nitrogens is 1. The Hall–Kier alpha value is -2.11. The zero-order valence-corrected chi connectivity index (χ0v) is 14.1. The Morgan fingerprint density at radius 3 is 2.78 bits per heavy atom. The van der Waals surface area contributed by atoms with Crippen LogP contribution in [0.25, 0.3) is 27.1 Å². The molecule has 0 atom stereocenters. The highest BCUT2D eigenvalue weighted by Crippen LogP contribution is 2.33. The van der Waals surface area contributed by atoms with Gasteiger partial charge in [0.15, 0.2) is 0 Å². The van der Waals surface area contributed by atoms with Crippen molar-refractivity contribution in [2.45, 2.75) is 13.8 Å². The smallest absolute Gasteiger partial charge is 0.266 e. The number of aromatic nitrogens is 1. The van der Waals surface area contributed by atoms with Crippen molar-refractivity contribution in [3.05, 3.63) is 45.6 Å². The third kappa shape index (κ3) is 2.90. The topological polar surface area (TPSA) is 56.3 Å². The first kappa shape index (κ1) is 15.8. The number of pyridine rings is 1. The molecule has 2 heterocycles. The van der Waals surface area contributed by atoms with Crippen LogP contribution in [0, 0.1) is 0 Å². The Bertz CT molecular complexity index is 920. The average molecular weight is 328 g/mol. The predicted molar refractivity (Wildman–Crippen MR) is 98.4 cm³/mol. The standard InChI is InChI=1S/C18H20N2O2S/c1-3-20(4-2)10-5-6-12-15(21)8-7-14-16(12)13-9-11-23-17(13)18(22)19-14/h5-9,11,21H,3-4,10H2,1-2H3,(H,19,22). The molecular formula is C18H20N2O2S. The zero-order chi connectivity index (χ0) is 16.4. The first-order valence-corrected chi connectivity index (χ1v) is 8.67. The summed E-state index contributed by atoms with van der Waals surface area (Å²) >= 11 is 1.42. The molecular weight excluding hydrogens is 308 g/mol. The lowest BCUT2D eigenvalue weighted by molar-refractivity contribution is 0.338. The van der Waals surface area contributed by atoms with Gasteiger partial charge in [-0.15, -0.1) is 11.3 Å². The highest BCUT2D eigenvalue weighted by atomic mass is 32.1. The quantitative estimate of drug-likeness (QED) is 0.749. The molecule has 1 aromatic carbocycles. The molecule has 0 saturated heterocycles. The maximum absolute atomic E-state index is 12.1. The van der Waals surface area contributed by atoms with Crippen LogP contribution >= 0.6 is 11.3 Å². The fourth-order valence-corrected chi connectivity index (χ4v) is 3.63. The van der Waals surface area contributed by atoms with E-state index in [2.05, 4.69) is 29.8 Å². The van der Waals surface area contributed by atoms with Crippen LogP contribution in [0.3, 0.4) is 0 Å². The van der Waals surface area contributed by atoms with Crippen LogP contribution in [-0.2, 0) is 0 Å². The second-order valence-corrected chi connectivity index (χ2v) is 6.34. The molecule has 0 aliphatic rings.